The molecular weight excluding hydrogens is 268 g/mol. The Morgan fingerprint density at radius 2 is 2.32 bits per heavy atom. The van der Waals surface area contributed by atoms with Gasteiger partial charge in [0.15, 0.2) is 12.9 Å². The molecule has 1 aromatic carbocycles. The quantitative estimate of drug-likeness (QED) is 0.787. The van der Waals surface area contributed by atoms with Crippen molar-refractivity contribution >= 4 is 17.9 Å². The van der Waals surface area contributed by atoms with Gasteiger partial charge in [-0.3, -0.25) is 4.79 Å². The fraction of sp³-hybridized carbons (Fsp3) is 0.308. The third-order valence-electron chi connectivity index (χ3n) is 2.88. The van der Waals surface area contributed by atoms with Crippen molar-refractivity contribution in [2.24, 2.45) is 0 Å². The highest BCUT2D eigenvalue weighted by molar-refractivity contribution is 6.32. The highest BCUT2D eigenvalue weighted by atomic mass is 35.5. The van der Waals surface area contributed by atoms with Gasteiger partial charge in [-0.2, -0.15) is 4.98 Å². The fourth-order valence-electron chi connectivity index (χ4n) is 1.73. The Hall–Kier alpha value is -1.88. The molecule has 0 N–H and O–H groups in total. The van der Waals surface area contributed by atoms with Crippen molar-refractivity contribution in [1.82, 2.24) is 10.1 Å². The number of carbonyl (C=O) groups is 1. The highest BCUT2D eigenvalue weighted by Crippen LogP contribution is 2.38. The number of ether oxygens (including phenoxy) is 1. The molecule has 1 saturated carbocycles. The van der Waals surface area contributed by atoms with Crippen LogP contribution in [0.25, 0.3) is 0 Å². The summed E-state index contributed by atoms with van der Waals surface area (Å²) in [5, 5.41) is 4.22. The van der Waals surface area contributed by atoms with E-state index in [4.69, 9.17) is 20.9 Å². The van der Waals surface area contributed by atoms with Gasteiger partial charge in [-0.1, -0.05) is 22.8 Å². The van der Waals surface area contributed by atoms with Gasteiger partial charge in [-0.15, -0.1) is 0 Å². The van der Waals surface area contributed by atoms with Crippen LogP contribution >= 0.6 is 11.6 Å². The van der Waals surface area contributed by atoms with Crippen LogP contribution in [-0.4, -0.2) is 16.4 Å². The molecule has 98 valence electrons. The first kappa shape index (κ1) is 12.2. The van der Waals surface area contributed by atoms with E-state index in [0.717, 1.165) is 12.8 Å². The van der Waals surface area contributed by atoms with E-state index < -0.39 is 0 Å². The largest absolute Gasteiger partial charge is 0.483 e. The number of hydrogen-bond donors (Lipinski definition) is 0. The van der Waals surface area contributed by atoms with Crippen molar-refractivity contribution < 1.29 is 14.1 Å². The lowest BCUT2D eigenvalue weighted by Crippen LogP contribution is -2.00. The Morgan fingerprint density at radius 1 is 1.47 bits per heavy atom. The van der Waals surface area contributed by atoms with Gasteiger partial charge >= 0.3 is 0 Å². The number of rotatable bonds is 5. The topological polar surface area (TPSA) is 65.2 Å². The Bertz CT molecular complexity index is 608. The fourth-order valence-corrected chi connectivity index (χ4v) is 1.97. The van der Waals surface area contributed by atoms with Gasteiger partial charge in [-0.25, -0.2) is 0 Å². The zero-order valence-electron chi connectivity index (χ0n) is 10.0. The number of hydrogen-bond acceptors (Lipinski definition) is 5. The third kappa shape index (κ3) is 2.61. The van der Waals surface area contributed by atoms with E-state index in [2.05, 4.69) is 10.1 Å². The molecule has 1 fully saturated rings. The molecule has 3 rings (SSSR count). The van der Waals surface area contributed by atoms with Crippen LogP contribution in [0.5, 0.6) is 5.75 Å². The number of para-hydroxylation sites is 1. The van der Waals surface area contributed by atoms with Gasteiger partial charge < -0.3 is 9.26 Å². The average Bonchev–Trinajstić information content (AvgIpc) is 3.17. The summed E-state index contributed by atoms with van der Waals surface area (Å²) in [5.74, 6) is 1.87. The lowest BCUT2D eigenvalue weighted by molar-refractivity contribution is 0.111. The second-order valence-electron chi connectivity index (χ2n) is 4.39. The van der Waals surface area contributed by atoms with Crippen molar-refractivity contribution in [2.45, 2.75) is 25.4 Å². The lowest BCUT2D eigenvalue weighted by Gasteiger charge is -2.07. The molecule has 19 heavy (non-hydrogen) atoms. The number of benzene rings is 1. The van der Waals surface area contributed by atoms with Crippen LogP contribution in [0.3, 0.4) is 0 Å². The predicted molar refractivity (Wildman–Crippen MR) is 67.4 cm³/mol. The summed E-state index contributed by atoms with van der Waals surface area (Å²) in [6.07, 6.45) is 2.90. The minimum Gasteiger partial charge on any atom is -0.483 e. The van der Waals surface area contributed by atoms with Gasteiger partial charge in [0.25, 0.3) is 0 Å². The van der Waals surface area contributed by atoms with E-state index in [1.165, 1.54) is 0 Å². The molecule has 0 amide bonds. The summed E-state index contributed by atoms with van der Waals surface area (Å²) in [6, 6.07) is 4.99. The molecule has 1 aliphatic carbocycles. The lowest BCUT2D eigenvalue weighted by atomic mass is 10.2. The molecule has 0 bridgehead atoms. The molecule has 1 heterocycles. The van der Waals surface area contributed by atoms with Crippen LogP contribution in [-0.2, 0) is 6.61 Å². The van der Waals surface area contributed by atoms with E-state index >= 15 is 0 Å². The maximum atomic E-state index is 10.9. The zero-order chi connectivity index (χ0) is 13.2. The van der Waals surface area contributed by atoms with E-state index in [1.54, 1.807) is 18.2 Å². The molecule has 0 radical (unpaired) electrons. The first-order valence-electron chi connectivity index (χ1n) is 5.97. The molecule has 5 nitrogen and oxygen atoms in total. The second-order valence-corrected chi connectivity index (χ2v) is 4.80. The summed E-state index contributed by atoms with van der Waals surface area (Å²) in [6.45, 7) is 0.126. The summed E-state index contributed by atoms with van der Waals surface area (Å²) in [5.41, 5.74) is 0.401. The Morgan fingerprint density at radius 3 is 3.05 bits per heavy atom. The first-order chi connectivity index (χ1) is 9.28. The number of halogens is 1. The van der Waals surface area contributed by atoms with Crippen molar-refractivity contribution in [2.75, 3.05) is 0 Å². The summed E-state index contributed by atoms with van der Waals surface area (Å²) >= 11 is 5.99. The van der Waals surface area contributed by atoms with E-state index in [1.807, 2.05) is 0 Å². The summed E-state index contributed by atoms with van der Waals surface area (Å²) in [4.78, 5) is 15.1. The minimum absolute atomic E-state index is 0.126. The Labute approximate surface area is 114 Å². The highest BCUT2D eigenvalue weighted by Gasteiger charge is 2.29. The van der Waals surface area contributed by atoms with E-state index in [-0.39, 0.29) is 6.61 Å². The van der Waals surface area contributed by atoms with Crippen LogP contribution in [0, 0.1) is 0 Å². The maximum absolute atomic E-state index is 10.9. The Kier molecular flexibility index (Phi) is 3.21. The molecule has 0 spiro atoms. The number of carbonyl (C=O) groups excluding carboxylic acids is 1. The molecule has 0 unspecified atom stereocenters. The van der Waals surface area contributed by atoms with Crippen LogP contribution in [0.2, 0.25) is 5.02 Å². The van der Waals surface area contributed by atoms with Crippen molar-refractivity contribution in [3.05, 3.63) is 40.5 Å². The van der Waals surface area contributed by atoms with Crippen LogP contribution in [0.1, 0.15) is 40.8 Å². The molecular formula is C13H11ClN2O3. The Balaban J connectivity index is 1.72. The minimum atomic E-state index is 0.126. The summed E-state index contributed by atoms with van der Waals surface area (Å²) in [7, 11) is 0. The van der Waals surface area contributed by atoms with Gasteiger partial charge in [0.1, 0.15) is 5.75 Å². The smallest absolute Gasteiger partial charge is 0.229 e. The number of nitrogens with zero attached hydrogens (tertiary/aromatic N) is 2. The van der Waals surface area contributed by atoms with Crippen molar-refractivity contribution in [3.8, 4) is 5.75 Å². The van der Waals surface area contributed by atoms with Crippen LogP contribution in [0.15, 0.2) is 22.7 Å². The van der Waals surface area contributed by atoms with Gasteiger partial charge in [0.2, 0.25) is 11.7 Å². The van der Waals surface area contributed by atoms with Gasteiger partial charge in [0.05, 0.1) is 10.6 Å². The molecule has 6 heteroatoms. The van der Waals surface area contributed by atoms with Crippen LogP contribution < -0.4 is 4.74 Å². The summed E-state index contributed by atoms with van der Waals surface area (Å²) < 4.78 is 10.6. The monoisotopic (exact) mass is 278 g/mol. The maximum Gasteiger partial charge on any atom is 0.229 e. The first-order valence-corrected chi connectivity index (χ1v) is 6.34. The van der Waals surface area contributed by atoms with Crippen molar-refractivity contribution in [1.29, 1.82) is 0 Å². The second kappa shape index (κ2) is 5.01. The van der Waals surface area contributed by atoms with Gasteiger partial charge in [-0.05, 0) is 25.0 Å². The predicted octanol–water partition coefficient (Wildman–Crippen LogP) is 2.99. The standard InChI is InChI=1S/C13H11ClN2O3/c14-10-3-1-2-9(6-17)12(10)18-7-11-15-13(19-16-11)8-4-5-8/h1-3,6,8H,4-5,7H2. The molecule has 0 saturated heterocycles. The molecule has 1 aliphatic rings. The van der Waals surface area contributed by atoms with Gasteiger partial charge in [0, 0.05) is 5.92 Å². The number of aromatic nitrogens is 2. The molecule has 0 aliphatic heterocycles. The van der Waals surface area contributed by atoms with E-state index in [0.29, 0.717) is 40.3 Å². The number of aldehydes is 1. The SMILES string of the molecule is O=Cc1cccc(Cl)c1OCc1noc(C2CC2)n1. The van der Waals surface area contributed by atoms with Crippen LogP contribution in [0.4, 0.5) is 0 Å². The zero-order valence-corrected chi connectivity index (χ0v) is 10.8. The average molecular weight is 279 g/mol. The molecule has 0 atom stereocenters. The normalized spacial score (nSPS) is 14.4. The van der Waals surface area contributed by atoms with E-state index in [9.17, 15) is 4.79 Å². The molecule has 1 aromatic heterocycles. The van der Waals surface area contributed by atoms with Crippen molar-refractivity contribution in [3.63, 3.8) is 0 Å². The molecule has 2 aromatic rings. The third-order valence-corrected chi connectivity index (χ3v) is 3.18.